The van der Waals surface area contributed by atoms with Crippen LogP contribution in [0, 0.1) is 22.9 Å². The van der Waals surface area contributed by atoms with Crippen LogP contribution in [0.25, 0.3) is 20.3 Å². The number of aromatic nitrogens is 1. The van der Waals surface area contributed by atoms with Gasteiger partial charge in [-0.3, -0.25) is 14.9 Å². The summed E-state index contributed by atoms with van der Waals surface area (Å²) in [6.45, 7) is 1.98. The Bertz CT molecular complexity index is 1590. The van der Waals surface area contributed by atoms with Gasteiger partial charge in [0.25, 0.3) is 11.6 Å². The Morgan fingerprint density at radius 2 is 1.85 bits per heavy atom. The molecule has 0 atom stereocenters. The topological polar surface area (TPSA) is 88.7 Å². The Morgan fingerprint density at radius 3 is 2.62 bits per heavy atom. The normalized spacial score (nSPS) is 11.5. The van der Waals surface area contributed by atoms with Crippen molar-refractivity contribution in [1.29, 1.82) is 0 Å². The van der Waals surface area contributed by atoms with E-state index in [9.17, 15) is 19.3 Å². The molecule has 0 aliphatic rings. The minimum atomic E-state index is -0.471. The third kappa shape index (κ3) is 4.28. The summed E-state index contributed by atoms with van der Waals surface area (Å²) >= 11 is 2.55. The zero-order valence-electron chi connectivity index (χ0n) is 17.6. The first kappa shape index (κ1) is 21.8. The molecule has 0 aliphatic carbocycles. The highest BCUT2D eigenvalue weighted by molar-refractivity contribution is 7.23. The van der Waals surface area contributed by atoms with E-state index in [-0.39, 0.29) is 11.5 Å². The number of nitro benzene ring substituents is 1. The Balaban J connectivity index is 1.57. The number of hydrogen-bond donors (Lipinski definition) is 0. The number of halogens is 1. The first-order chi connectivity index (χ1) is 16.4. The van der Waals surface area contributed by atoms with Crippen molar-refractivity contribution >= 4 is 65.9 Å². The van der Waals surface area contributed by atoms with Crippen LogP contribution in [0.5, 0.6) is 0 Å². The fraction of sp³-hybridized carbons (Fsp3) is 0.0417. The van der Waals surface area contributed by atoms with Crippen LogP contribution in [0.1, 0.15) is 20.8 Å². The molecule has 3 aromatic carbocycles. The molecule has 0 N–H and O–H groups in total. The summed E-state index contributed by atoms with van der Waals surface area (Å²) in [6.07, 6.45) is 1.47. The van der Waals surface area contributed by atoms with Crippen molar-refractivity contribution in [2.45, 2.75) is 6.92 Å². The lowest BCUT2D eigenvalue weighted by Gasteiger charge is -2.12. The number of nitrogens with zero attached hydrogens (tertiary/aromatic N) is 4. The number of aryl methyl sites for hydroxylation is 1. The molecule has 5 aromatic rings. The van der Waals surface area contributed by atoms with Gasteiger partial charge in [0.05, 0.1) is 26.2 Å². The van der Waals surface area contributed by atoms with E-state index in [4.69, 9.17) is 0 Å². The number of hydrogen-bond acceptors (Lipinski definition) is 7. The van der Waals surface area contributed by atoms with Gasteiger partial charge >= 0.3 is 0 Å². The fourth-order valence-electron chi connectivity index (χ4n) is 3.33. The van der Waals surface area contributed by atoms with Crippen molar-refractivity contribution in [3.63, 3.8) is 0 Å². The second kappa shape index (κ2) is 8.73. The molecule has 1 amide bonds. The van der Waals surface area contributed by atoms with E-state index in [1.54, 1.807) is 24.3 Å². The van der Waals surface area contributed by atoms with Crippen LogP contribution in [0.3, 0.4) is 0 Å². The highest BCUT2D eigenvalue weighted by atomic mass is 32.1. The van der Waals surface area contributed by atoms with Crippen LogP contribution in [0.4, 0.5) is 15.2 Å². The zero-order chi connectivity index (χ0) is 23.8. The summed E-state index contributed by atoms with van der Waals surface area (Å²) in [4.78, 5) is 29.1. The molecule has 5 rings (SSSR count). The Labute approximate surface area is 200 Å². The number of non-ortho nitro benzene ring substituents is 1. The van der Waals surface area contributed by atoms with Gasteiger partial charge in [0.15, 0.2) is 0 Å². The first-order valence-electron chi connectivity index (χ1n) is 10.1. The number of fused-ring (bicyclic) bond motifs is 2. The summed E-state index contributed by atoms with van der Waals surface area (Å²) in [6, 6.07) is 17.6. The highest BCUT2D eigenvalue weighted by Gasteiger charge is 2.23. The number of carbonyl (C=O) groups is 1. The van der Waals surface area contributed by atoms with Gasteiger partial charge in [0.1, 0.15) is 5.82 Å². The van der Waals surface area contributed by atoms with Gasteiger partial charge in [0.2, 0.25) is 5.13 Å². The van der Waals surface area contributed by atoms with E-state index < -0.39 is 10.8 Å². The van der Waals surface area contributed by atoms with Crippen molar-refractivity contribution < 1.29 is 14.1 Å². The predicted octanol–water partition coefficient (Wildman–Crippen LogP) is 6.55. The fourth-order valence-corrected chi connectivity index (χ4v) is 5.31. The number of thiophene rings is 1. The Kier molecular flexibility index (Phi) is 5.60. The SMILES string of the molecule is Cc1ccc2nc(N(/N=C/c3ccc(F)cc3)C(=O)c3cc4cc([N+](=O)[O-])ccc4s3)sc2c1. The van der Waals surface area contributed by atoms with E-state index >= 15 is 0 Å². The molecular formula is C24H15FN4O3S2. The van der Waals surface area contributed by atoms with E-state index in [0.717, 1.165) is 20.5 Å². The van der Waals surface area contributed by atoms with Crippen molar-refractivity contribution in [1.82, 2.24) is 4.98 Å². The van der Waals surface area contributed by atoms with E-state index in [0.29, 0.717) is 21.0 Å². The van der Waals surface area contributed by atoms with Crippen LogP contribution in [-0.4, -0.2) is 22.0 Å². The number of hydrazone groups is 1. The minimum absolute atomic E-state index is 0.0444. The largest absolute Gasteiger partial charge is 0.290 e. The van der Waals surface area contributed by atoms with Crippen molar-refractivity contribution in [2.75, 3.05) is 5.01 Å². The van der Waals surface area contributed by atoms with Crippen molar-refractivity contribution in [3.05, 3.63) is 98.7 Å². The molecule has 0 spiro atoms. The molecule has 168 valence electrons. The molecular weight excluding hydrogens is 475 g/mol. The van der Waals surface area contributed by atoms with Gasteiger partial charge in [-0.15, -0.1) is 11.3 Å². The molecule has 34 heavy (non-hydrogen) atoms. The molecule has 0 aliphatic heterocycles. The van der Waals surface area contributed by atoms with Crippen LogP contribution in [-0.2, 0) is 0 Å². The van der Waals surface area contributed by atoms with Gasteiger partial charge in [0, 0.05) is 22.2 Å². The maximum absolute atomic E-state index is 13.5. The molecule has 10 heteroatoms. The third-order valence-corrected chi connectivity index (χ3v) is 7.12. The molecule has 0 saturated carbocycles. The molecule has 2 heterocycles. The zero-order valence-corrected chi connectivity index (χ0v) is 19.3. The third-order valence-electron chi connectivity index (χ3n) is 5.02. The molecule has 0 bridgehead atoms. The second-order valence-electron chi connectivity index (χ2n) is 7.47. The molecule has 7 nitrogen and oxygen atoms in total. The maximum atomic E-state index is 13.5. The van der Waals surface area contributed by atoms with Crippen LogP contribution in [0.15, 0.2) is 71.8 Å². The van der Waals surface area contributed by atoms with Crippen LogP contribution >= 0.6 is 22.7 Å². The second-order valence-corrected chi connectivity index (χ2v) is 9.56. The number of amides is 1. The summed E-state index contributed by atoms with van der Waals surface area (Å²) in [7, 11) is 0. The summed E-state index contributed by atoms with van der Waals surface area (Å²) in [5, 5.41) is 17.7. The standard InChI is InChI=1S/C24H15FN4O3S2/c1-14-2-8-19-21(10-14)34-24(27-19)28(26-13-15-3-5-17(25)6-4-15)23(30)22-12-16-11-18(29(31)32)7-9-20(16)33-22/h2-13H,1H3/b26-13+. The summed E-state index contributed by atoms with van der Waals surface area (Å²) in [5.41, 5.74) is 2.38. The number of anilines is 1. The maximum Gasteiger partial charge on any atom is 0.290 e. The number of benzene rings is 3. The minimum Gasteiger partial charge on any atom is -0.266 e. The van der Waals surface area contributed by atoms with Gasteiger partial charge in [-0.2, -0.15) is 10.1 Å². The lowest BCUT2D eigenvalue weighted by molar-refractivity contribution is -0.384. The van der Waals surface area contributed by atoms with E-state index in [1.807, 2.05) is 25.1 Å². The number of nitro groups is 1. The summed E-state index contributed by atoms with van der Waals surface area (Å²) < 4.78 is 14.9. The van der Waals surface area contributed by atoms with Gasteiger partial charge in [-0.25, -0.2) is 9.37 Å². The number of rotatable bonds is 5. The highest BCUT2D eigenvalue weighted by Crippen LogP contribution is 2.34. The predicted molar refractivity (Wildman–Crippen MR) is 134 cm³/mol. The average molecular weight is 491 g/mol. The van der Waals surface area contributed by atoms with Gasteiger partial charge < -0.3 is 0 Å². The van der Waals surface area contributed by atoms with Gasteiger partial charge in [-0.1, -0.05) is 29.5 Å². The van der Waals surface area contributed by atoms with Gasteiger partial charge in [-0.05, 0) is 54.4 Å². The molecule has 0 fully saturated rings. The first-order valence-corrected chi connectivity index (χ1v) is 11.7. The monoisotopic (exact) mass is 490 g/mol. The van der Waals surface area contributed by atoms with Crippen LogP contribution in [0.2, 0.25) is 0 Å². The van der Waals surface area contributed by atoms with Crippen molar-refractivity contribution in [2.24, 2.45) is 5.10 Å². The lowest BCUT2D eigenvalue weighted by atomic mass is 10.2. The molecule has 0 unspecified atom stereocenters. The van der Waals surface area contributed by atoms with Crippen LogP contribution < -0.4 is 5.01 Å². The van der Waals surface area contributed by atoms with E-state index in [2.05, 4.69) is 10.1 Å². The summed E-state index contributed by atoms with van der Waals surface area (Å²) in [5.74, 6) is -0.788. The van der Waals surface area contributed by atoms with E-state index in [1.165, 1.54) is 58.2 Å². The quantitative estimate of drug-likeness (QED) is 0.159. The molecule has 2 aromatic heterocycles. The molecule has 0 saturated heterocycles. The smallest absolute Gasteiger partial charge is 0.266 e. The molecule has 0 radical (unpaired) electrons. The Morgan fingerprint density at radius 1 is 1.06 bits per heavy atom. The number of thiazole rings is 1. The van der Waals surface area contributed by atoms with Crippen molar-refractivity contribution in [3.8, 4) is 0 Å². The lowest BCUT2D eigenvalue weighted by Crippen LogP contribution is -2.24. The Hall–Kier alpha value is -4.02. The average Bonchev–Trinajstić information content (AvgIpc) is 3.43. The number of carbonyl (C=O) groups excluding carboxylic acids is 1.